The molecule has 1 aromatic heterocycles. The summed E-state index contributed by atoms with van der Waals surface area (Å²) >= 11 is 9.32. The molecule has 1 atom stereocenters. The number of amides is 2. The van der Waals surface area contributed by atoms with Crippen LogP contribution in [0, 0.1) is 0 Å². The Balaban J connectivity index is 1.96. The van der Waals surface area contributed by atoms with Crippen LogP contribution in [-0.4, -0.2) is 34.8 Å². The quantitative estimate of drug-likeness (QED) is 0.797. The van der Waals surface area contributed by atoms with Crippen LogP contribution in [0.3, 0.4) is 0 Å². The molecule has 1 aromatic carbocycles. The topological polar surface area (TPSA) is 88.3 Å². The van der Waals surface area contributed by atoms with E-state index < -0.39 is 6.04 Å². The number of pyridine rings is 1. The number of halogens is 2. The molecule has 1 fully saturated rings. The molecule has 0 saturated carbocycles. The summed E-state index contributed by atoms with van der Waals surface area (Å²) in [5, 5.41) is 3.01. The van der Waals surface area contributed by atoms with E-state index in [0.29, 0.717) is 18.7 Å². The van der Waals surface area contributed by atoms with E-state index in [4.69, 9.17) is 17.3 Å². The van der Waals surface area contributed by atoms with Crippen molar-refractivity contribution in [3.63, 3.8) is 0 Å². The van der Waals surface area contributed by atoms with Gasteiger partial charge in [0.15, 0.2) is 0 Å². The minimum atomic E-state index is -0.698. The minimum Gasteiger partial charge on any atom is -0.382 e. The number of carbonyl (C=O) groups is 2. The lowest BCUT2D eigenvalue weighted by Gasteiger charge is -2.35. The van der Waals surface area contributed by atoms with Crippen LogP contribution in [0.5, 0.6) is 0 Å². The summed E-state index contributed by atoms with van der Waals surface area (Å²) in [7, 11) is 0. The lowest BCUT2D eigenvalue weighted by Crippen LogP contribution is -2.52. The molecule has 1 aliphatic rings. The first-order chi connectivity index (χ1) is 11.5. The third kappa shape index (κ3) is 3.22. The molecule has 3 N–H and O–H groups in total. The van der Waals surface area contributed by atoms with Crippen LogP contribution in [0.25, 0.3) is 0 Å². The second-order valence-corrected chi connectivity index (χ2v) is 6.66. The van der Waals surface area contributed by atoms with Crippen LogP contribution in [0.4, 0.5) is 5.82 Å². The molecule has 0 aliphatic carbocycles. The number of aromatic nitrogens is 1. The first kappa shape index (κ1) is 16.7. The molecular formula is C16H14BrClN4O2. The zero-order chi connectivity index (χ0) is 17.3. The van der Waals surface area contributed by atoms with Crippen LogP contribution >= 0.6 is 27.5 Å². The molecule has 1 saturated heterocycles. The predicted octanol–water partition coefficient (Wildman–Crippen LogP) is 2.39. The number of rotatable bonds is 2. The predicted molar refractivity (Wildman–Crippen MR) is 94.6 cm³/mol. The molecule has 0 radical (unpaired) electrons. The molecule has 0 bridgehead atoms. The highest BCUT2D eigenvalue weighted by atomic mass is 79.9. The van der Waals surface area contributed by atoms with Crippen LogP contribution in [0.2, 0.25) is 5.02 Å². The average Bonchev–Trinajstić information content (AvgIpc) is 2.57. The van der Waals surface area contributed by atoms with Crippen molar-refractivity contribution >= 4 is 45.2 Å². The lowest BCUT2D eigenvalue weighted by molar-refractivity contribution is -0.128. The van der Waals surface area contributed by atoms with E-state index in [2.05, 4.69) is 26.2 Å². The monoisotopic (exact) mass is 408 g/mol. The summed E-state index contributed by atoms with van der Waals surface area (Å²) in [5.74, 6) is -0.368. The molecule has 1 unspecified atom stereocenters. The molecule has 1 aliphatic heterocycles. The van der Waals surface area contributed by atoms with Gasteiger partial charge < -0.3 is 16.0 Å². The van der Waals surface area contributed by atoms with Crippen LogP contribution in [0.15, 0.2) is 41.0 Å². The zero-order valence-corrected chi connectivity index (χ0v) is 14.8. The Morgan fingerprint density at radius 2 is 2.08 bits per heavy atom. The number of hydrogen-bond donors (Lipinski definition) is 2. The van der Waals surface area contributed by atoms with E-state index in [1.165, 1.54) is 17.2 Å². The number of nitrogens with two attached hydrogens (primary N) is 1. The Labute approximate surface area is 152 Å². The zero-order valence-electron chi connectivity index (χ0n) is 12.5. The molecule has 24 heavy (non-hydrogen) atoms. The van der Waals surface area contributed by atoms with Gasteiger partial charge in [0.05, 0.1) is 10.6 Å². The van der Waals surface area contributed by atoms with Gasteiger partial charge in [0.25, 0.3) is 5.91 Å². The number of anilines is 1. The van der Waals surface area contributed by atoms with Gasteiger partial charge in [0.1, 0.15) is 11.9 Å². The first-order valence-electron chi connectivity index (χ1n) is 7.22. The summed E-state index contributed by atoms with van der Waals surface area (Å²) < 4.78 is 0.898. The normalized spacial score (nSPS) is 17.5. The molecule has 2 heterocycles. The highest BCUT2D eigenvalue weighted by molar-refractivity contribution is 9.10. The third-order valence-electron chi connectivity index (χ3n) is 3.78. The molecule has 8 heteroatoms. The molecule has 2 aromatic rings. The van der Waals surface area contributed by atoms with E-state index in [9.17, 15) is 9.59 Å². The summed E-state index contributed by atoms with van der Waals surface area (Å²) in [6.07, 6.45) is 1.37. The number of nitrogens with one attached hydrogen (secondary N) is 1. The van der Waals surface area contributed by atoms with Crippen molar-refractivity contribution in [2.24, 2.45) is 0 Å². The molecule has 124 valence electrons. The largest absolute Gasteiger partial charge is 0.382 e. The van der Waals surface area contributed by atoms with Gasteiger partial charge in [0.2, 0.25) is 5.91 Å². The van der Waals surface area contributed by atoms with Crippen LogP contribution in [0.1, 0.15) is 22.0 Å². The van der Waals surface area contributed by atoms with Gasteiger partial charge in [-0.05, 0) is 23.8 Å². The van der Waals surface area contributed by atoms with E-state index in [1.807, 2.05) is 24.3 Å². The second kappa shape index (κ2) is 6.78. The van der Waals surface area contributed by atoms with Crippen molar-refractivity contribution in [2.45, 2.75) is 6.04 Å². The van der Waals surface area contributed by atoms with Gasteiger partial charge in [-0.2, -0.15) is 0 Å². The summed E-state index contributed by atoms with van der Waals surface area (Å²) in [4.78, 5) is 30.7. The molecule has 0 spiro atoms. The summed E-state index contributed by atoms with van der Waals surface area (Å²) in [5.41, 5.74) is 6.62. The number of benzene rings is 1. The number of hydrogen-bond acceptors (Lipinski definition) is 4. The van der Waals surface area contributed by atoms with Crippen molar-refractivity contribution in [3.05, 3.63) is 57.2 Å². The molecular weight excluding hydrogens is 396 g/mol. The Kier molecular flexibility index (Phi) is 4.73. The second-order valence-electron chi connectivity index (χ2n) is 5.33. The highest BCUT2D eigenvalue weighted by Gasteiger charge is 2.35. The maximum Gasteiger partial charge on any atom is 0.256 e. The van der Waals surface area contributed by atoms with Crippen molar-refractivity contribution in [3.8, 4) is 0 Å². The van der Waals surface area contributed by atoms with E-state index in [1.54, 1.807) is 0 Å². The van der Waals surface area contributed by atoms with Crippen molar-refractivity contribution in [1.29, 1.82) is 0 Å². The highest BCUT2D eigenvalue weighted by Crippen LogP contribution is 2.27. The maximum absolute atomic E-state index is 12.9. The van der Waals surface area contributed by atoms with Gasteiger partial charge >= 0.3 is 0 Å². The average molecular weight is 410 g/mol. The number of carbonyl (C=O) groups excluding carboxylic acids is 2. The van der Waals surface area contributed by atoms with E-state index in [-0.39, 0.29) is 22.7 Å². The minimum absolute atomic E-state index is 0.161. The Morgan fingerprint density at radius 3 is 2.75 bits per heavy atom. The molecule has 3 rings (SSSR count). The molecule has 2 amide bonds. The van der Waals surface area contributed by atoms with Crippen LogP contribution < -0.4 is 11.1 Å². The fourth-order valence-corrected chi connectivity index (χ4v) is 3.02. The van der Waals surface area contributed by atoms with Gasteiger partial charge in [-0.3, -0.25) is 9.59 Å². The van der Waals surface area contributed by atoms with Gasteiger partial charge in [-0.1, -0.05) is 39.7 Å². The Morgan fingerprint density at radius 1 is 1.38 bits per heavy atom. The van der Waals surface area contributed by atoms with E-state index in [0.717, 1.165) is 10.0 Å². The summed E-state index contributed by atoms with van der Waals surface area (Å²) in [6, 6.07) is 8.07. The number of piperazine rings is 1. The number of nitrogens with zero attached hydrogens (tertiary/aromatic N) is 2. The number of nitrogen functional groups attached to an aromatic ring is 1. The van der Waals surface area contributed by atoms with Crippen molar-refractivity contribution in [2.75, 3.05) is 18.8 Å². The van der Waals surface area contributed by atoms with Crippen molar-refractivity contribution in [1.82, 2.24) is 15.2 Å². The van der Waals surface area contributed by atoms with E-state index >= 15 is 0 Å². The molecule has 6 nitrogen and oxygen atoms in total. The van der Waals surface area contributed by atoms with Gasteiger partial charge in [-0.25, -0.2) is 4.98 Å². The standard InChI is InChI=1S/C16H14BrClN4O2/c17-11-3-1-9(2-4-11)13-15(23)20-5-6-22(13)16(24)10-7-12(18)14(19)21-8-10/h1-4,7-8,13H,5-6H2,(H2,19,21)(H,20,23). The van der Waals surface area contributed by atoms with Crippen LogP contribution in [-0.2, 0) is 4.79 Å². The lowest BCUT2D eigenvalue weighted by atomic mass is 10.0. The smallest absolute Gasteiger partial charge is 0.256 e. The maximum atomic E-state index is 12.9. The Hall–Kier alpha value is -2.12. The van der Waals surface area contributed by atoms with Crippen molar-refractivity contribution < 1.29 is 9.59 Å². The fraction of sp³-hybridized carbons (Fsp3) is 0.188. The Bertz CT molecular complexity index is 797. The third-order valence-corrected chi connectivity index (χ3v) is 4.61. The van der Waals surface area contributed by atoms with Gasteiger partial charge in [0, 0.05) is 23.8 Å². The van der Waals surface area contributed by atoms with Gasteiger partial charge in [-0.15, -0.1) is 0 Å². The SMILES string of the molecule is Nc1ncc(C(=O)N2CCNC(=O)C2c2ccc(Br)cc2)cc1Cl. The summed E-state index contributed by atoms with van der Waals surface area (Å²) in [6.45, 7) is 0.793. The first-order valence-corrected chi connectivity index (χ1v) is 8.39. The fourth-order valence-electron chi connectivity index (χ4n) is 2.59.